The fourth-order valence-corrected chi connectivity index (χ4v) is 3.96. The van der Waals surface area contributed by atoms with Gasteiger partial charge in [0.25, 0.3) is 5.91 Å². The number of furan rings is 1. The van der Waals surface area contributed by atoms with Crippen LogP contribution in [0.4, 0.5) is 4.79 Å². The van der Waals surface area contributed by atoms with Gasteiger partial charge in [-0.2, -0.15) is 0 Å². The molecule has 1 unspecified atom stereocenters. The van der Waals surface area contributed by atoms with Crippen molar-refractivity contribution < 1.29 is 18.8 Å². The van der Waals surface area contributed by atoms with Gasteiger partial charge in [0.2, 0.25) is 5.91 Å². The van der Waals surface area contributed by atoms with E-state index in [0.29, 0.717) is 27.6 Å². The molecule has 0 spiro atoms. The van der Waals surface area contributed by atoms with E-state index >= 15 is 0 Å². The zero-order valence-electron chi connectivity index (χ0n) is 16.6. The Morgan fingerprint density at radius 1 is 1.32 bits per heavy atom. The van der Waals surface area contributed by atoms with Crippen molar-refractivity contribution in [2.75, 3.05) is 19.6 Å². The fourth-order valence-electron chi connectivity index (χ4n) is 3.76. The quantitative estimate of drug-likeness (QED) is 0.647. The molecule has 2 aromatic rings. The van der Waals surface area contributed by atoms with Crippen LogP contribution in [0.3, 0.4) is 0 Å². The van der Waals surface area contributed by atoms with Crippen LogP contribution in [0.5, 0.6) is 0 Å². The van der Waals surface area contributed by atoms with E-state index in [-0.39, 0.29) is 44.0 Å². The summed E-state index contributed by atoms with van der Waals surface area (Å²) in [7, 11) is 0. The molecule has 31 heavy (non-hydrogen) atoms. The third-order valence-electron chi connectivity index (χ3n) is 5.16. The zero-order chi connectivity index (χ0) is 22.0. The number of hydrogen-bond donors (Lipinski definition) is 2. The molecule has 0 saturated carbocycles. The Morgan fingerprint density at radius 3 is 2.87 bits per heavy atom. The normalized spacial score (nSPS) is 18.2. The third kappa shape index (κ3) is 4.20. The lowest BCUT2D eigenvalue weighted by Crippen LogP contribution is -2.47. The second-order valence-electron chi connectivity index (χ2n) is 7.21. The smallest absolute Gasteiger partial charge is 0.322 e. The van der Waals surface area contributed by atoms with E-state index in [9.17, 15) is 14.4 Å². The molecule has 2 N–H and O–H groups in total. The Morgan fingerprint density at radius 2 is 2.16 bits per heavy atom. The molecule has 0 radical (unpaired) electrons. The summed E-state index contributed by atoms with van der Waals surface area (Å²) in [5.74, 6) is -0.00728. The Bertz CT molecular complexity index is 1060. The Kier molecular flexibility index (Phi) is 5.81. The summed E-state index contributed by atoms with van der Waals surface area (Å²) in [5, 5.41) is 6.11. The van der Waals surface area contributed by atoms with E-state index in [1.165, 1.54) is 16.1 Å². The molecular formula is C22H21ClN4O4. The van der Waals surface area contributed by atoms with Crippen molar-refractivity contribution in [1.82, 2.24) is 20.4 Å². The summed E-state index contributed by atoms with van der Waals surface area (Å²) in [6, 6.07) is 9.51. The number of hydrogen-bond acceptors (Lipinski definition) is 4. The van der Waals surface area contributed by atoms with Gasteiger partial charge < -0.3 is 20.0 Å². The predicted molar refractivity (Wildman–Crippen MR) is 114 cm³/mol. The van der Waals surface area contributed by atoms with Crippen LogP contribution in [0.25, 0.3) is 0 Å². The number of carbonyl (C=O) groups excluding carboxylic acids is 3. The van der Waals surface area contributed by atoms with Crippen molar-refractivity contribution in [2.24, 2.45) is 0 Å². The van der Waals surface area contributed by atoms with Gasteiger partial charge in [0.1, 0.15) is 12.3 Å². The van der Waals surface area contributed by atoms with E-state index in [4.69, 9.17) is 16.0 Å². The minimum absolute atomic E-state index is 0.134. The van der Waals surface area contributed by atoms with Crippen molar-refractivity contribution in [3.8, 4) is 0 Å². The molecule has 1 aromatic carbocycles. The van der Waals surface area contributed by atoms with Crippen LogP contribution in [-0.4, -0.2) is 47.3 Å². The maximum atomic E-state index is 13.3. The molecule has 3 heterocycles. The molecule has 0 fully saturated rings. The van der Waals surface area contributed by atoms with E-state index in [0.717, 1.165) is 0 Å². The van der Waals surface area contributed by atoms with Gasteiger partial charge in [0, 0.05) is 11.6 Å². The standard InChI is InChI=1S/C22H21ClN4O4/c1-2-8-27-17-12-26(13-18(28)24-11-16-7-4-9-31-16)21(29)19(17)20(25-22(27)30)14-5-3-6-15(23)10-14/h2-7,9-10,20H,1,8,11-13H2,(H,24,28)(H,25,30). The summed E-state index contributed by atoms with van der Waals surface area (Å²) in [4.78, 5) is 41.3. The lowest BCUT2D eigenvalue weighted by atomic mass is 9.95. The van der Waals surface area contributed by atoms with Crippen LogP contribution in [0.15, 0.2) is 71.0 Å². The number of nitrogens with zero attached hydrogens (tertiary/aromatic N) is 2. The molecule has 4 rings (SSSR count). The van der Waals surface area contributed by atoms with Crippen LogP contribution in [-0.2, 0) is 16.1 Å². The molecule has 160 valence electrons. The summed E-state index contributed by atoms with van der Waals surface area (Å²) in [6.45, 7) is 4.19. The maximum absolute atomic E-state index is 13.3. The number of rotatable bonds is 7. The number of nitrogens with one attached hydrogen (secondary N) is 2. The molecular weight excluding hydrogens is 420 g/mol. The maximum Gasteiger partial charge on any atom is 0.322 e. The summed E-state index contributed by atoms with van der Waals surface area (Å²) in [6.07, 6.45) is 3.12. The first-order valence-electron chi connectivity index (χ1n) is 9.73. The summed E-state index contributed by atoms with van der Waals surface area (Å²) >= 11 is 6.12. The lowest BCUT2D eigenvalue weighted by molar-refractivity contribution is -0.132. The topological polar surface area (TPSA) is 94.9 Å². The Hall–Kier alpha value is -3.52. The van der Waals surface area contributed by atoms with E-state index in [1.54, 1.807) is 42.5 Å². The lowest BCUT2D eigenvalue weighted by Gasteiger charge is -2.33. The van der Waals surface area contributed by atoms with Crippen molar-refractivity contribution in [1.29, 1.82) is 0 Å². The van der Waals surface area contributed by atoms with Gasteiger partial charge in [0.05, 0.1) is 36.7 Å². The van der Waals surface area contributed by atoms with Crippen molar-refractivity contribution in [3.63, 3.8) is 0 Å². The number of urea groups is 1. The van der Waals surface area contributed by atoms with Crippen LogP contribution < -0.4 is 10.6 Å². The zero-order valence-corrected chi connectivity index (χ0v) is 17.4. The van der Waals surface area contributed by atoms with Crippen molar-refractivity contribution in [2.45, 2.75) is 12.6 Å². The molecule has 1 aromatic heterocycles. The summed E-state index contributed by atoms with van der Waals surface area (Å²) < 4.78 is 5.20. The van der Waals surface area contributed by atoms with Gasteiger partial charge >= 0.3 is 6.03 Å². The first kappa shape index (κ1) is 20.7. The van der Waals surface area contributed by atoms with E-state index in [2.05, 4.69) is 17.2 Å². The van der Waals surface area contributed by atoms with Crippen LogP contribution in [0.1, 0.15) is 17.4 Å². The molecule has 9 heteroatoms. The van der Waals surface area contributed by atoms with Crippen LogP contribution >= 0.6 is 11.6 Å². The first-order chi connectivity index (χ1) is 15.0. The highest BCUT2D eigenvalue weighted by Gasteiger charge is 2.44. The number of amides is 4. The Labute approximate surface area is 184 Å². The average Bonchev–Trinajstić information content (AvgIpc) is 3.37. The van der Waals surface area contributed by atoms with Crippen LogP contribution in [0.2, 0.25) is 5.02 Å². The highest BCUT2D eigenvalue weighted by atomic mass is 35.5. The molecule has 0 bridgehead atoms. The third-order valence-corrected chi connectivity index (χ3v) is 5.40. The molecule has 2 aliphatic heterocycles. The van der Waals surface area contributed by atoms with Crippen molar-refractivity contribution >= 4 is 29.4 Å². The SMILES string of the molecule is C=CCN1C(=O)NC(c2cccc(Cl)c2)C2=C1CN(CC(=O)NCc1ccco1)C2=O. The van der Waals surface area contributed by atoms with Gasteiger partial charge in [-0.1, -0.05) is 29.8 Å². The van der Waals surface area contributed by atoms with Crippen molar-refractivity contribution in [3.05, 3.63) is 82.9 Å². The van der Waals surface area contributed by atoms with Gasteiger partial charge in [0.15, 0.2) is 0 Å². The molecule has 2 aliphatic rings. The summed E-state index contributed by atoms with van der Waals surface area (Å²) in [5.41, 5.74) is 1.70. The second-order valence-corrected chi connectivity index (χ2v) is 7.65. The van der Waals surface area contributed by atoms with Crippen LogP contribution in [0, 0.1) is 0 Å². The fraction of sp³-hybridized carbons (Fsp3) is 0.227. The van der Waals surface area contributed by atoms with Gasteiger partial charge in [-0.25, -0.2) is 4.79 Å². The van der Waals surface area contributed by atoms with Gasteiger partial charge in [-0.05, 0) is 29.8 Å². The number of halogens is 1. The largest absolute Gasteiger partial charge is 0.467 e. The number of benzene rings is 1. The van der Waals surface area contributed by atoms with Gasteiger partial charge in [-0.3, -0.25) is 14.5 Å². The molecule has 1 atom stereocenters. The molecule has 4 amide bonds. The Balaban J connectivity index is 1.56. The average molecular weight is 441 g/mol. The molecule has 0 aliphatic carbocycles. The monoisotopic (exact) mass is 440 g/mol. The number of carbonyl (C=O) groups is 3. The van der Waals surface area contributed by atoms with E-state index < -0.39 is 6.04 Å². The second kappa shape index (κ2) is 8.69. The first-order valence-corrected chi connectivity index (χ1v) is 10.1. The minimum atomic E-state index is -0.647. The predicted octanol–water partition coefficient (Wildman–Crippen LogP) is 2.60. The van der Waals surface area contributed by atoms with Gasteiger partial charge in [-0.15, -0.1) is 6.58 Å². The molecule has 8 nitrogen and oxygen atoms in total. The highest BCUT2D eigenvalue weighted by molar-refractivity contribution is 6.30. The highest BCUT2D eigenvalue weighted by Crippen LogP contribution is 2.36. The minimum Gasteiger partial charge on any atom is -0.467 e. The molecule has 0 saturated heterocycles. The van der Waals surface area contributed by atoms with E-state index in [1.807, 2.05) is 0 Å².